The lowest BCUT2D eigenvalue weighted by Crippen LogP contribution is -2.47. The zero-order chi connectivity index (χ0) is 22.1. The number of hydrogen-bond acceptors (Lipinski definition) is 6. The van der Waals surface area contributed by atoms with Crippen molar-refractivity contribution in [3.8, 4) is 11.5 Å². The first-order chi connectivity index (χ1) is 15.0. The fourth-order valence-corrected chi connectivity index (χ4v) is 5.10. The van der Waals surface area contributed by atoms with Gasteiger partial charge in [-0.05, 0) is 31.4 Å². The lowest BCUT2D eigenvalue weighted by Gasteiger charge is -2.42. The third kappa shape index (κ3) is 3.76. The number of H-pyrrole nitrogens is 1. The van der Waals surface area contributed by atoms with Gasteiger partial charge in [-0.3, -0.25) is 0 Å². The van der Waals surface area contributed by atoms with Crippen LogP contribution in [0.1, 0.15) is 44.0 Å². The zero-order valence-corrected chi connectivity index (χ0v) is 18.9. The summed E-state index contributed by atoms with van der Waals surface area (Å²) in [7, 11) is 4.73. The van der Waals surface area contributed by atoms with Crippen molar-refractivity contribution in [2.75, 3.05) is 27.9 Å². The number of aryl methyl sites for hydroxylation is 1. The summed E-state index contributed by atoms with van der Waals surface area (Å²) in [6.07, 6.45) is 4.45. The van der Waals surface area contributed by atoms with E-state index >= 15 is 0 Å². The van der Waals surface area contributed by atoms with Gasteiger partial charge in [0, 0.05) is 47.1 Å². The first-order valence-corrected chi connectivity index (χ1v) is 11.0. The van der Waals surface area contributed by atoms with Gasteiger partial charge >= 0.3 is 5.97 Å². The Morgan fingerprint density at radius 3 is 2.61 bits per heavy atom. The molecule has 1 aromatic carbocycles. The van der Waals surface area contributed by atoms with Gasteiger partial charge in [-0.1, -0.05) is 13.3 Å². The molecule has 2 aromatic rings. The highest BCUT2D eigenvalue weighted by Crippen LogP contribution is 2.43. The Hall–Kier alpha value is -2.67. The lowest BCUT2D eigenvalue weighted by molar-refractivity contribution is -0.138. The maximum absolute atomic E-state index is 12.4. The minimum Gasteiger partial charge on any atom is -0.497 e. The van der Waals surface area contributed by atoms with Crippen LogP contribution in [0.4, 0.5) is 0 Å². The van der Waals surface area contributed by atoms with E-state index in [4.69, 9.17) is 18.9 Å². The summed E-state index contributed by atoms with van der Waals surface area (Å²) in [4.78, 5) is 16.0. The second-order valence-corrected chi connectivity index (χ2v) is 8.39. The normalized spacial score (nSPS) is 25.4. The third-order valence-corrected chi connectivity index (χ3v) is 6.73. The maximum atomic E-state index is 12.4. The van der Waals surface area contributed by atoms with Crippen molar-refractivity contribution in [1.82, 2.24) is 10.3 Å². The van der Waals surface area contributed by atoms with Crippen LogP contribution in [-0.2, 0) is 20.7 Å². The summed E-state index contributed by atoms with van der Waals surface area (Å²) < 4.78 is 21.8. The van der Waals surface area contributed by atoms with Gasteiger partial charge in [-0.15, -0.1) is 0 Å². The molecule has 2 aliphatic heterocycles. The van der Waals surface area contributed by atoms with Crippen molar-refractivity contribution in [2.45, 2.75) is 45.3 Å². The van der Waals surface area contributed by atoms with Crippen molar-refractivity contribution in [2.24, 2.45) is 11.8 Å². The number of esters is 1. The zero-order valence-electron chi connectivity index (χ0n) is 18.9. The van der Waals surface area contributed by atoms with Crippen molar-refractivity contribution in [3.05, 3.63) is 35.2 Å². The molecule has 31 heavy (non-hydrogen) atoms. The Bertz CT molecular complexity index is 996. The van der Waals surface area contributed by atoms with Gasteiger partial charge in [0.15, 0.2) is 11.5 Å². The van der Waals surface area contributed by atoms with Crippen molar-refractivity contribution in [1.29, 1.82) is 0 Å². The number of piperidine rings is 1. The molecular formula is C24H32N2O5. The molecule has 3 heterocycles. The molecule has 168 valence electrons. The number of carbonyl (C=O) groups is 1. The molecule has 2 N–H and O–H groups in total. The minimum atomic E-state index is -0.303. The molecule has 0 unspecified atom stereocenters. The van der Waals surface area contributed by atoms with Gasteiger partial charge in [-0.2, -0.15) is 0 Å². The fourth-order valence-electron chi connectivity index (χ4n) is 5.10. The van der Waals surface area contributed by atoms with Crippen LogP contribution < -0.4 is 14.8 Å². The van der Waals surface area contributed by atoms with Gasteiger partial charge in [0.1, 0.15) is 0 Å². The SMILES string of the molecule is CCCc1c([C@@H]2C[C@@H]3C(C(=O)OC)=CO[C@H](C)[C@H]3CN2)[nH]c2cc(OC)c(OC)cc12. The van der Waals surface area contributed by atoms with Crippen LogP contribution in [-0.4, -0.2) is 44.9 Å². The summed E-state index contributed by atoms with van der Waals surface area (Å²) >= 11 is 0. The topological polar surface area (TPSA) is 81.8 Å². The van der Waals surface area contributed by atoms with Crippen LogP contribution >= 0.6 is 0 Å². The molecule has 2 aliphatic rings. The van der Waals surface area contributed by atoms with E-state index in [-0.39, 0.29) is 30.0 Å². The number of ether oxygens (including phenoxy) is 4. The number of aromatic amines is 1. The predicted octanol–water partition coefficient (Wildman–Crippen LogP) is 3.88. The fraction of sp³-hybridized carbons (Fsp3) is 0.542. The number of methoxy groups -OCH3 is 3. The molecular weight excluding hydrogens is 396 g/mol. The number of carbonyl (C=O) groups excluding carboxylic acids is 1. The number of aromatic nitrogens is 1. The van der Waals surface area contributed by atoms with E-state index in [2.05, 4.69) is 30.2 Å². The molecule has 1 aromatic heterocycles. The van der Waals surface area contributed by atoms with E-state index in [0.29, 0.717) is 11.3 Å². The smallest absolute Gasteiger partial charge is 0.337 e. The second kappa shape index (κ2) is 8.83. The van der Waals surface area contributed by atoms with E-state index in [1.807, 2.05) is 6.07 Å². The monoisotopic (exact) mass is 428 g/mol. The number of hydrogen-bond donors (Lipinski definition) is 2. The quantitative estimate of drug-likeness (QED) is 0.680. The Morgan fingerprint density at radius 2 is 1.94 bits per heavy atom. The van der Waals surface area contributed by atoms with E-state index in [1.165, 1.54) is 18.4 Å². The molecule has 1 saturated heterocycles. The molecule has 0 radical (unpaired) electrons. The second-order valence-electron chi connectivity index (χ2n) is 8.39. The number of rotatable bonds is 6. The Kier molecular flexibility index (Phi) is 6.14. The first-order valence-electron chi connectivity index (χ1n) is 11.0. The molecule has 4 rings (SSSR count). The molecule has 7 nitrogen and oxygen atoms in total. The van der Waals surface area contributed by atoms with Crippen LogP contribution in [0.3, 0.4) is 0 Å². The summed E-state index contributed by atoms with van der Waals surface area (Å²) in [6, 6.07) is 4.16. The third-order valence-electron chi connectivity index (χ3n) is 6.73. The molecule has 0 spiro atoms. The molecule has 0 amide bonds. The highest BCUT2D eigenvalue weighted by atomic mass is 16.5. The molecule has 0 aliphatic carbocycles. The summed E-state index contributed by atoms with van der Waals surface area (Å²) in [5.74, 6) is 1.45. The van der Waals surface area contributed by atoms with E-state index in [1.54, 1.807) is 20.5 Å². The van der Waals surface area contributed by atoms with Crippen molar-refractivity contribution in [3.63, 3.8) is 0 Å². The highest BCUT2D eigenvalue weighted by Gasteiger charge is 2.42. The van der Waals surface area contributed by atoms with Crippen molar-refractivity contribution < 1.29 is 23.7 Å². The lowest BCUT2D eigenvalue weighted by atomic mass is 9.74. The van der Waals surface area contributed by atoms with Crippen LogP contribution in [0.5, 0.6) is 11.5 Å². The summed E-state index contributed by atoms with van der Waals surface area (Å²) in [5, 5.41) is 4.86. The average Bonchev–Trinajstić information content (AvgIpc) is 3.15. The number of fused-ring (bicyclic) bond motifs is 2. The number of nitrogens with one attached hydrogen (secondary N) is 2. The van der Waals surface area contributed by atoms with Gasteiger partial charge in [0.05, 0.1) is 39.3 Å². The standard InChI is InChI=1S/C24H32N2O5/c1-6-7-14-16-9-21(28-3)22(29-4)10-19(16)26-23(14)20-8-15-17(11-25-20)13(2)31-12-18(15)24(27)30-5/h9-10,12-13,15,17,20,25-26H,6-8,11H2,1-5H3/t13-,15+,17-,20+/m1/s1. The first kappa shape index (κ1) is 21.6. The van der Waals surface area contributed by atoms with Gasteiger partial charge < -0.3 is 29.2 Å². The predicted molar refractivity (Wildman–Crippen MR) is 118 cm³/mol. The van der Waals surface area contributed by atoms with Crippen LogP contribution in [0.25, 0.3) is 10.9 Å². The van der Waals surface area contributed by atoms with Crippen LogP contribution in [0.15, 0.2) is 24.0 Å². The minimum absolute atomic E-state index is 0.0539. The van der Waals surface area contributed by atoms with Gasteiger partial charge in [-0.25, -0.2) is 4.79 Å². The number of benzene rings is 1. The Labute approximate surface area is 183 Å². The molecule has 1 fully saturated rings. The van der Waals surface area contributed by atoms with Crippen molar-refractivity contribution >= 4 is 16.9 Å². The van der Waals surface area contributed by atoms with Gasteiger partial charge in [0.25, 0.3) is 0 Å². The van der Waals surface area contributed by atoms with E-state index in [0.717, 1.165) is 42.5 Å². The molecule has 0 bridgehead atoms. The average molecular weight is 429 g/mol. The Morgan fingerprint density at radius 1 is 1.19 bits per heavy atom. The molecule has 0 saturated carbocycles. The van der Waals surface area contributed by atoms with Crippen LogP contribution in [0, 0.1) is 11.8 Å². The van der Waals surface area contributed by atoms with E-state index in [9.17, 15) is 4.79 Å². The van der Waals surface area contributed by atoms with Gasteiger partial charge in [0.2, 0.25) is 0 Å². The highest BCUT2D eigenvalue weighted by molar-refractivity contribution is 5.89. The summed E-state index contributed by atoms with van der Waals surface area (Å²) in [6.45, 7) is 5.03. The summed E-state index contributed by atoms with van der Waals surface area (Å²) in [5.41, 5.74) is 4.13. The Balaban J connectivity index is 1.74. The molecule has 4 atom stereocenters. The van der Waals surface area contributed by atoms with E-state index < -0.39 is 0 Å². The van der Waals surface area contributed by atoms with Crippen LogP contribution in [0.2, 0.25) is 0 Å². The molecule has 7 heteroatoms. The maximum Gasteiger partial charge on any atom is 0.337 e. The largest absolute Gasteiger partial charge is 0.497 e.